The van der Waals surface area contributed by atoms with Crippen molar-refractivity contribution in [2.24, 2.45) is 7.05 Å². The number of rotatable bonds is 1. The van der Waals surface area contributed by atoms with E-state index in [9.17, 15) is 14.4 Å². The van der Waals surface area contributed by atoms with E-state index in [-0.39, 0.29) is 34.9 Å². The Hall–Kier alpha value is -3.61. The molecule has 1 saturated heterocycles. The van der Waals surface area contributed by atoms with Crippen molar-refractivity contribution in [3.05, 3.63) is 76.1 Å². The number of amides is 2. The Morgan fingerprint density at radius 1 is 0.889 bits per heavy atom. The maximum atomic E-state index is 13.9. The summed E-state index contributed by atoms with van der Waals surface area (Å²) in [4.78, 5) is 44.5. The Morgan fingerprint density at radius 2 is 1.64 bits per heavy atom. The maximum Gasteiger partial charge on any atom is 0.259 e. The normalized spacial score (nSPS) is 21.1. The van der Waals surface area contributed by atoms with Gasteiger partial charge in [-0.2, -0.15) is 0 Å². The van der Waals surface area contributed by atoms with Crippen molar-refractivity contribution in [2.75, 3.05) is 20.2 Å². The highest BCUT2D eigenvalue weighted by molar-refractivity contribution is 5.98. The molecule has 2 aliphatic rings. The number of piperidine rings is 1. The van der Waals surface area contributed by atoms with Crippen molar-refractivity contribution < 1.29 is 14.3 Å². The molecular weight excluding hydrogens is 454 g/mol. The highest BCUT2D eigenvalue weighted by Gasteiger charge is 2.39. The van der Waals surface area contributed by atoms with Crippen molar-refractivity contribution in [1.82, 2.24) is 14.4 Å². The zero-order valence-electron chi connectivity index (χ0n) is 21.0. The Bertz CT molecular complexity index is 1350. The fourth-order valence-corrected chi connectivity index (χ4v) is 5.76. The van der Waals surface area contributed by atoms with Gasteiger partial charge in [-0.15, -0.1) is 0 Å². The highest BCUT2D eigenvalue weighted by atomic mass is 16.5. The largest absolute Gasteiger partial charge is 0.493 e. The molecule has 7 heteroatoms. The Balaban J connectivity index is 1.51. The summed E-state index contributed by atoms with van der Waals surface area (Å²) in [6, 6.07) is 14.5. The molecule has 0 N–H and O–H groups in total. The standard InChI is InChI=1S/C29H33N3O4/c1-30-19-22(27(33)20-11-5-7-13-23(20)30)29(35)32-17-10-15-24-25(32)14-4-3-9-18-36-26-16-8-6-12-21(26)28(34)31(24)2/h5-8,11-13,16,19,24-25H,3-4,9-10,14-15,17-18H2,1-2H3/t24-,25-/m0/s1. The number of pyridine rings is 1. The third kappa shape index (κ3) is 4.38. The number of carbonyl (C=O) groups is 2. The number of hydrogen-bond acceptors (Lipinski definition) is 4. The number of fused-ring (bicyclic) bond motifs is 3. The predicted octanol–water partition coefficient (Wildman–Crippen LogP) is 4.24. The van der Waals surface area contributed by atoms with Gasteiger partial charge in [0.25, 0.3) is 11.8 Å². The molecule has 2 aliphatic heterocycles. The van der Waals surface area contributed by atoms with Gasteiger partial charge in [0.1, 0.15) is 11.3 Å². The summed E-state index contributed by atoms with van der Waals surface area (Å²) in [5.41, 5.74) is 1.30. The Labute approximate surface area is 211 Å². The summed E-state index contributed by atoms with van der Waals surface area (Å²) in [6.45, 7) is 1.13. The van der Waals surface area contributed by atoms with E-state index in [4.69, 9.17) is 4.74 Å². The van der Waals surface area contributed by atoms with Crippen molar-refractivity contribution in [3.8, 4) is 5.75 Å². The highest BCUT2D eigenvalue weighted by Crippen LogP contribution is 2.30. The number of ether oxygens (including phenoxy) is 1. The lowest BCUT2D eigenvalue weighted by Gasteiger charge is -2.45. The van der Waals surface area contributed by atoms with Gasteiger partial charge in [-0.3, -0.25) is 14.4 Å². The molecule has 0 saturated carbocycles. The number of aromatic nitrogens is 1. The molecule has 3 heterocycles. The third-order valence-electron chi connectivity index (χ3n) is 7.67. The van der Waals surface area contributed by atoms with E-state index in [1.807, 2.05) is 60.0 Å². The number of carbonyl (C=O) groups excluding carboxylic acids is 2. The Morgan fingerprint density at radius 3 is 2.50 bits per heavy atom. The summed E-state index contributed by atoms with van der Waals surface area (Å²) in [6.07, 6.45) is 6.81. The topological polar surface area (TPSA) is 71.8 Å². The van der Waals surface area contributed by atoms with Crippen LogP contribution in [0, 0.1) is 0 Å². The van der Waals surface area contributed by atoms with E-state index in [0.29, 0.717) is 29.9 Å². The van der Waals surface area contributed by atoms with Gasteiger partial charge in [0.2, 0.25) is 5.43 Å². The molecule has 1 aromatic heterocycles. The van der Waals surface area contributed by atoms with E-state index in [1.54, 1.807) is 23.2 Å². The van der Waals surface area contributed by atoms with E-state index < -0.39 is 0 Å². The second-order valence-corrected chi connectivity index (χ2v) is 9.89. The van der Waals surface area contributed by atoms with E-state index in [1.165, 1.54) is 0 Å². The van der Waals surface area contributed by atoms with Crippen LogP contribution in [0.3, 0.4) is 0 Å². The van der Waals surface area contributed by atoms with Crippen LogP contribution < -0.4 is 10.2 Å². The average molecular weight is 488 g/mol. The van der Waals surface area contributed by atoms with Crippen LogP contribution in [0.1, 0.15) is 59.2 Å². The molecule has 1 fully saturated rings. The van der Waals surface area contributed by atoms with Gasteiger partial charge in [-0.05, 0) is 56.4 Å². The number of hydrogen-bond donors (Lipinski definition) is 0. The molecule has 0 unspecified atom stereocenters. The summed E-state index contributed by atoms with van der Waals surface area (Å²) in [7, 11) is 3.69. The molecule has 0 spiro atoms. The summed E-state index contributed by atoms with van der Waals surface area (Å²) >= 11 is 0. The average Bonchev–Trinajstić information content (AvgIpc) is 2.91. The van der Waals surface area contributed by atoms with Gasteiger partial charge in [-0.25, -0.2) is 0 Å². The fraction of sp³-hybridized carbons (Fsp3) is 0.414. The molecule has 2 aromatic carbocycles. The molecule has 2 atom stereocenters. The molecule has 0 bridgehead atoms. The minimum atomic E-state index is -0.243. The minimum absolute atomic E-state index is 0.0999. The smallest absolute Gasteiger partial charge is 0.259 e. The lowest BCUT2D eigenvalue weighted by atomic mass is 9.89. The van der Waals surface area contributed by atoms with Gasteiger partial charge in [0.05, 0.1) is 29.8 Å². The molecule has 2 amide bonds. The molecule has 7 nitrogen and oxygen atoms in total. The van der Waals surface area contributed by atoms with Gasteiger partial charge < -0.3 is 19.1 Å². The second-order valence-electron chi connectivity index (χ2n) is 9.89. The number of para-hydroxylation sites is 2. The Kier molecular flexibility index (Phi) is 6.81. The van der Waals surface area contributed by atoms with Crippen LogP contribution in [0.4, 0.5) is 0 Å². The third-order valence-corrected chi connectivity index (χ3v) is 7.67. The van der Waals surface area contributed by atoms with E-state index >= 15 is 0 Å². The van der Waals surface area contributed by atoms with Crippen LogP contribution in [-0.4, -0.2) is 58.5 Å². The van der Waals surface area contributed by atoms with Crippen LogP contribution >= 0.6 is 0 Å². The molecule has 0 radical (unpaired) electrons. The van der Waals surface area contributed by atoms with Crippen molar-refractivity contribution in [2.45, 2.75) is 50.6 Å². The number of likely N-dealkylation sites (N-methyl/N-ethyl adjacent to an activating group) is 1. The minimum Gasteiger partial charge on any atom is -0.493 e. The summed E-state index contributed by atoms with van der Waals surface area (Å²) < 4.78 is 7.79. The van der Waals surface area contributed by atoms with Crippen LogP contribution in [0.2, 0.25) is 0 Å². The van der Waals surface area contributed by atoms with Gasteiger partial charge >= 0.3 is 0 Å². The molecule has 188 valence electrons. The predicted molar refractivity (Wildman–Crippen MR) is 140 cm³/mol. The fourth-order valence-electron chi connectivity index (χ4n) is 5.76. The molecule has 0 aliphatic carbocycles. The molecule has 5 rings (SSSR count). The van der Waals surface area contributed by atoms with Gasteiger partial charge in [0.15, 0.2) is 0 Å². The summed E-state index contributed by atoms with van der Waals surface area (Å²) in [5, 5.41) is 0.544. The number of nitrogens with zero attached hydrogens (tertiary/aromatic N) is 3. The van der Waals surface area contributed by atoms with Crippen molar-refractivity contribution in [3.63, 3.8) is 0 Å². The molecule has 36 heavy (non-hydrogen) atoms. The SMILES string of the molecule is CN1C(=O)c2ccccc2OCCCCC[C@H]2[C@@H]1CCCN2C(=O)c1cn(C)c2ccccc2c1=O. The second kappa shape index (κ2) is 10.2. The van der Waals surface area contributed by atoms with Crippen LogP contribution in [0.15, 0.2) is 59.5 Å². The van der Waals surface area contributed by atoms with Gasteiger partial charge in [0, 0.05) is 32.2 Å². The first kappa shape index (κ1) is 24.1. The van der Waals surface area contributed by atoms with E-state index in [2.05, 4.69) is 0 Å². The van der Waals surface area contributed by atoms with Crippen molar-refractivity contribution in [1.29, 1.82) is 0 Å². The van der Waals surface area contributed by atoms with Crippen LogP contribution in [0.25, 0.3) is 10.9 Å². The quantitative estimate of drug-likeness (QED) is 0.515. The van der Waals surface area contributed by atoms with Gasteiger partial charge in [-0.1, -0.05) is 30.7 Å². The summed E-state index contributed by atoms with van der Waals surface area (Å²) in [5.74, 6) is 0.264. The van der Waals surface area contributed by atoms with Crippen molar-refractivity contribution >= 4 is 22.7 Å². The number of benzene rings is 2. The zero-order valence-corrected chi connectivity index (χ0v) is 21.0. The maximum absolute atomic E-state index is 13.9. The monoisotopic (exact) mass is 487 g/mol. The number of likely N-dealkylation sites (tertiary alicyclic amines) is 1. The van der Waals surface area contributed by atoms with Crippen LogP contribution in [0.5, 0.6) is 5.75 Å². The first-order valence-corrected chi connectivity index (χ1v) is 12.9. The molecular formula is C29H33N3O4. The number of aryl methyl sites for hydroxylation is 1. The lowest BCUT2D eigenvalue weighted by Crippen LogP contribution is -2.57. The molecule has 3 aromatic rings. The first-order chi connectivity index (χ1) is 17.5. The zero-order chi connectivity index (χ0) is 25.2. The van der Waals surface area contributed by atoms with E-state index in [0.717, 1.165) is 44.0 Å². The van der Waals surface area contributed by atoms with Crippen LogP contribution in [-0.2, 0) is 7.05 Å². The first-order valence-electron chi connectivity index (χ1n) is 12.9. The lowest BCUT2D eigenvalue weighted by molar-refractivity contribution is 0.0286.